The Bertz CT molecular complexity index is 646. The highest BCUT2D eigenvalue weighted by molar-refractivity contribution is 7.92. The Kier molecular flexibility index (Phi) is 2.98. The summed E-state index contributed by atoms with van der Waals surface area (Å²) in [5.41, 5.74) is 0.348. The molecule has 19 heavy (non-hydrogen) atoms. The van der Waals surface area contributed by atoms with Gasteiger partial charge >= 0.3 is 0 Å². The van der Waals surface area contributed by atoms with Crippen LogP contribution in [0.4, 0.5) is 5.69 Å². The largest absolute Gasteiger partial charge is 0.471 e. The van der Waals surface area contributed by atoms with Gasteiger partial charge in [-0.25, -0.2) is 18.4 Å². The fourth-order valence-electron chi connectivity index (χ4n) is 1.71. The average molecular weight is 279 g/mol. The smallest absolute Gasteiger partial charge is 0.265 e. The van der Waals surface area contributed by atoms with E-state index in [1.807, 2.05) is 0 Å². The molecule has 1 saturated carbocycles. The van der Waals surface area contributed by atoms with Crippen LogP contribution in [0, 0.1) is 5.92 Å². The van der Waals surface area contributed by atoms with Crippen LogP contribution in [-0.4, -0.2) is 18.4 Å². The zero-order valence-corrected chi connectivity index (χ0v) is 10.9. The molecular formula is C12H13N3O3S. The maximum Gasteiger partial charge on any atom is 0.265 e. The molecule has 0 unspecified atom stereocenters. The summed E-state index contributed by atoms with van der Waals surface area (Å²) in [6, 6.07) is 1.38. The second-order valence-corrected chi connectivity index (χ2v) is 6.28. The second-order valence-electron chi connectivity index (χ2n) is 4.60. The van der Waals surface area contributed by atoms with Crippen molar-refractivity contribution in [3.63, 3.8) is 0 Å². The Morgan fingerprint density at radius 2 is 2.05 bits per heavy atom. The van der Waals surface area contributed by atoms with Gasteiger partial charge in [-0.2, -0.15) is 0 Å². The minimum absolute atomic E-state index is 0.0783. The lowest BCUT2D eigenvalue weighted by atomic mass is 10.3. The lowest BCUT2D eigenvalue weighted by Gasteiger charge is -2.05. The van der Waals surface area contributed by atoms with Gasteiger partial charge < -0.3 is 4.42 Å². The SMILES string of the molecule is O=S(=O)(Nc1cnc(CC2CC2)nc1)c1ccoc1. The molecule has 0 aromatic carbocycles. The summed E-state index contributed by atoms with van der Waals surface area (Å²) in [5.74, 6) is 1.46. The van der Waals surface area contributed by atoms with Gasteiger partial charge in [0.15, 0.2) is 0 Å². The van der Waals surface area contributed by atoms with Crippen LogP contribution >= 0.6 is 0 Å². The van der Waals surface area contributed by atoms with Crippen molar-refractivity contribution in [2.45, 2.75) is 24.2 Å². The zero-order chi connectivity index (χ0) is 13.3. The minimum Gasteiger partial charge on any atom is -0.471 e. The molecule has 7 heteroatoms. The number of hydrogen-bond donors (Lipinski definition) is 1. The molecule has 0 bridgehead atoms. The zero-order valence-electron chi connectivity index (χ0n) is 10.1. The molecule has 1 aliphatic rings. The first kappa shape index (κ1) is 12.2. The molecular weight excluding hydrogens is 266 g/mol. The maximum absolute atomic E-state index is 11.9. The predicted molar refractivity (Wildman–Crippen MR) is 68.0 cm³/mol. The Morgan fingerprint density at radius 1 is 1.32 bits per heavy atom. The molecule has 6 nitrogen and oxygen atoms in total. The standard InChI is InChI=1S/C12H13N3O3S/c16-19(17,11-3-4-18-8-11)15-10-6-13-12(14-7-10)5-9-1-2-9/h3-4,6-9,15H,1-2,5H2. The number of aromatic nitrogens is 2. The molecule has 100 valence electrons. The van der Waals surface area contributed by atoms with Gasteiger partial charge in [0.1, 0.15) is 17.0 Å². The van der Waals surface area contributed by atoms with Gasteiger partial charge in [0, 0.05) is 6.42 Å². The molecule has 0 spiro atoms. The summed E-state index contributed by atoms with van der Waals surface area (Å²) in [4.78, 5) is 8.40. The van der Waals surface area contributed by atoms with E-state index in [-0.39, 0.29) is 4.90 Å². The molecule has 0 saturated heterocycles. The topological polar surface area (TPSA) is 85.1 Å². The van der Waals surface area contributed by atoms with Gasteiger partial charge in [-0.1, -0.05) is 0 Å². The van der Waals surface area contributed by atoms with Crippen LogP contribution < -0.4 is 4.72 Å². The molecule has 0 aliphatic heterocycles. The third kappa shape index (κ3) is 2.93. The van der Waals surface area contributed by atoms with E-state index in [0.29, 0.717) is 11.6 Å². The van der Waals surface area contributed by atoms with Crippen molar-refractivity contribution in [2.75, 3.05) is 4.72 Å². The van der Waals surface area contributed by atoms with Crippen LogP contribution in [0.2, 0.25) is 0 Å². The van der Waals surface area contributed by atoms with E-state index in [9.17, 15) is 8.42 Å². The van der Waals surface area contributed by atoms with Crippen molar-refractivity contribution >= 4 is 15.7 Å². The van der Waals surface area contributed by atoms with Crippen molar-refractivity contribution in [1.82, 2.24) is 9.97 Å². The van der Waals surface area contributed by atoms with Gasteiger partial charge in [0.05, 0.1) is 24.3 Å². The monoisotopic (exact) mass is 279 g/mol. The molecule has 2 aromatic rings. The van der Waals surface area contributed by atoms with Crippen LogP contribution in [0.1, 0.15) is 18.7 Å². The van der Waals surface area contributed by atoms with E-state index >= 15 is 0 Å². The molecule has 1 N–H and O–H groups in total. The summed E-state index contributed by atoms with van der Waals surface area (Å²) >= 11 is 0. The van der Waals surface area contributed by atoms with Gasteiger partial charge in [-0.05, 0) is 24.8 Å². The van der Waals surface area contributed by atoms with Crippen molar-refractivity contribution in [3.05, 3.63) is 36.8 Å². The summed E-state index contributed by atoms with van der Waals surface area (Å²) < 4.78 is 31.0. The molecule has 0 amide bonds. The molecule has 0 radical (unpaired) electrons. The molecule has 2 aromatic heterocycles. The first-order valence-electron chi connectivity index (χ1n) is 5.99. The van der Waals surface area contributed by atoms with E-state index < -0.39 is 10.0 Å². The molecule has 3 rings (SSSR count). The van der Waals surface area contributed by atoms with Crippen LogP contribution in [0.25, 0.3) is 0 Å². The fraction of sp³-hybridized carbons (Fsp3) is 0.333. The number of sulfonamides is 1. The number of hydrogen-bond acceptors (Lipinski definition) is 5. The van der Waals surface area contributed by atoms with Gasteiger partial charge in [-0.15, -0.1) is 0 Å². The Labute approximate surface area is 110 Å². The van der Waals surface area contributed by atoms with Crippen LogP contribution in [0.3, 0.4) is 0 Å². The van der Waals surface area contributed by atoms with E-state index in [4.69, 9.17) is 4.42 Å². The summed E-state index contributed by atoms with van der Waals surface area (Å²) in [6.45, 7) is 0. The van der Waals surface area contributed by atoms with E-state index in [2.05, 4.69) is 14.7 Å². The number of nitrogens with zero attached hydrogens (tertiary/aromatic N) is 2. The van der Waals surface area contributed by atoms with Crippen LogP contribution in [-0.2, 0) is 16.4 Å². The number of anilines is 1. The van der Waals surface area contributed by atoms with Crippen molar-refractivity contribution in [3.8, 4) is 0 Å². The molecule has 2 heterocycles. The van der Waals surface area contributed by atoms with E-state index in [0.717, 1.165) is 12.2 Å². The first-order valence-corrected chi connectivity index (χ1v) is 7.48. The van der Waals surface area contributed by atoms with E-state index in [1.165, 1.54) is 43.8 Å². The maximum atomic E-state index is 11.9. The van der Waals surface area contributed by atoms with Crippen molar-refractivity contribution in [2.24, 2.45) is 5.92 Å². The number of rotatable bonds is 5. The normalized spacial score (nSPS) is 15.4. The lowest BCUT2D eigenvalue weighted by Crippen LogP contribution is -2.12. The summed E-state index contributed by atoms with van der Waals surface area (Å²) in [7, 11) is -3.62. The second kappa shape index (κ2) is 4.65. The quantitative estimate of drug-likeness (QED) is 0.902. The highest BCUT2D eigenvalue weighted by Gasteiger charge is 2.22. The number of furan rings is 1. The minimum atomic E-state index is -3.62. The number of nitrogens with one attached hydrogen (secondary N) is 1. The van der Waals surface area contributed by atoms with Crippen LogP contribution in [0.15, 0.2) is 40.3 Å². The van der Waals surface area contributed by atoms with E-state index in [1.54, 1.807) is 0 Å². The molecule has 1 aliphatic carbocycles. The lowest BCUT2D eigenvalue weighted by molar-refractivity contribution is 0.557. The molecule has 1 fully saturated rings. The summed E-state index contributed by atoms with van der Waals surface area (Å²) in [5, 5.41) is 0. The van der Waals surface area contributed by atoms with Gasteiger partial charge in [0.25, 0.3) is 10.0 Å². The predicted octanol–water partition coefficient (Wildman–Crippen LogP) is 1.82. The van der Waals surface area contributed by atoms with Crippen molar-refractivity contribution < 1.29 is 12.8 Å². The summed E-state index contributed by atoms with van der Waals surface area (Å²) in [6.07, 6.45) is 8.80. The third-order valence-corrected chi connectivity index (χ3v) is 4.29. The third-order valence-electron chi connectivity index (χ3n) is 2.93. The highest BCUT2D eigenvalue weighted by atomic mass is 32.2. The first-order chi connectivity index (χ1) is 9.13. The Hall–Kier alpha value is -1.89. The van der Waals surface area contributed by atoms with Crippen LogP contribution in [0.5, 0.6) is 0 Å². The van der Waals surface area contributed by atoms with Gasteiger partial charge in [-0.3, -0.25) is 4.72 Å². The Morgan fingerprint density at radius 3 is 2.63 bits per heavy atom. The fourth-order valence-corrected chi connectivity index (χ4v) is 2.66. The average Bonchev–Trinajstić information content (AvgIpc) is 3.01. The Balaban J connectivity index is 1.72. The molecule has 0 atom stereocenters. The van der Waals surface area contributed by atoms with Gasteiger partial charge in [0.2, 0.25) is 0 Å². The van der Waals surface area contributed by atoms with Crippen molar-refractivity contribution in [1.29, 1.82) is 0 Å². The highest BCUT2D eigenvalue weighted by Crippen LogP contribution is 2.31.